The monoisotopic (exact) mass is 419 g/mol. The molecular formula is C17H17N5O4S2. The molecule has 2 N–H and O–H groups in total. The van der Waals surface area contributed by atoms with E-state index in [0.29, 0.717) is 26.8 Å². The summed E-state index contributed by atoms with van der Waals surface area (Å²) in [5.41, 5.74) is 0.474. The first kappa shape index (κ1) is 19.8. The van der Waals surface area contributed by atoms with Gasteiger partial charge in [-0.25, -0.2) is 4.98 Å². The molecule has 1 atom stereocenters. The van der Waals surface area contributed by atoms with Crippen molar-refractivity contribution in [3.05, 3.63) is 40.8 Å². The summed E-state index contributed by atoms with van der Waals surface area (Å²) in [6, 6.07) is 6.68. The Hall–Kier alpha value is -2.92. The molecule has 0 fully saturated rings. The summed E-state index contributed by atoms with van der Waals surface area (Å²) in [4.78, 5) is 30.3. The van der Waals surface area contributed by atoms with Gasteiger partial charge in [0.05, 0.1) is 25.0 Å². The van der Waals surface area contributed by atoms with Gasteiger partial charge in [0.15, 0.2) is 10.2 Å². The second kappa shape index (κ2) is 8.85. The van der Waals surface area contributed by atoms with Crippen molar-refractivity contribution in [1.29, 1.82) is 0 Å². The normalized spacial score (nSPS) is 11.7. The predicted octanol–water partition coefficient (Wildman–Crippen LogP) is 2.42. The first-order valence-electron chi connectivity index (χ1n) is 8.09. The highest BCUT2D eigenvalue weighted by atomic mass is 32.2. The lowest BCUT2D eigenvalue weighted by Gasteiger charge is -2.09. The number of nitrogens with zero attached hydrogens (tertiary/aromatic N) is 3. The summed E-state index contributed by atoms with van der Waals surface area (Å²) in [5, 5.41) is 11.7. The average Bonchev–Trinajstić information content (AvgIpc) is 3.15. The maximum atomic E-state index is 12.4. The highest BCUT2D eigenvalue weighted by Crippen LogP contribution is 2.36. The Bertz CT molecular complexity index is 1040. The highest BCUT2D eigenvalue weighted by Gasteiger charge is 2.19. The Balaban J connectivity index is 1.70. The van der Waals surface area contributed by atoms with Crippen molar-refractivity contribution in [2.75, 3.05) is 19.5 Å². The number of rotatable bonds is 7. The third-order valence-corrected chi connectivity index (χ3v) is 5.47. The molecule has 146 valence electrons. The Morgan fingerprint density at radius 1 is 1.25 bits per heavy atom. The summed E-state index contributed by atoms with van der Waals surface area (Å²) in [6.07, 6.45) is 1.39. The number of ether oxygens (including phenoxy) is 2. The van der Waals surface area contributed by atoms with Crippen LogP contribution in [-0.2, 0) is 4.79 Å². The van der Waals surface area contributed by atoms with Crippen LogP contribution in [0.3, 0.4) is 0 Å². The Labute approximate surface area is 168 Å². The largest absolute Gasteiger partial charge is 0.497 e. The molecular weight excluding hydrogens is 402 g/mol. The van der Waals surface area contributed by atoms with Crippen LogP contribution in [0.1, 0.15) is 6.92 Å². The second-order valence-corrected chi connectivity index (χ2v) is 7.77. The minimum Gasteiger partial charge on any atom is -0.497 e. The highest BCUT2D eigenvalue weighted by molar-refractivity contribution is 8.00. The minimum atomic E-state index is -0.492. The van der Waals surface area contributed by atoms with E-state index in [9.17, 15) is 9.59 Å². The van der Waals surface area contributed by atoms with Gasteiger partial charge in [0.1, 0.15) is 11.5 Å². The van der Waals surface area contributed by atoms with Crippen molar-refractivity contribution in [2.24, 2.45) is 0 Å². The number of hydrogen-bond acceptors (Lipinski definition) is 9. The number of carbonyl (C=O) groups excluding carboxylic acids is 1. The van der Waals surface area contributed by atoms with Gasteiger partial charge in [-0.1, -0.05) is 23.1 Å². The van der Waals surface area contributed by atoms with Crippen molar-refractivity contribution in [3.63, 3.8) is 0 Å². The van der Waals surface area contributed by atoms with Gasteiger partial charge in [0.25, 0.3) is 5.56 Å². The first-order chi connectivity index (χ1) is 13.5. The maximum absolute atomic E-state index is 12.4. The van der Waals surface area contributed by atoms with Crippen molar-refractivity contribution in [2.45, 2.75) is 17.3 Å². The van der Waals surface area contributed by atoms with Crippen LogP contribution in [0.2, 0.25) is 0 Å². The molecule has 2 heterocycles. The van der Waals surface area contributed by atoms with Gasteiger partial charge in [-0.2, -0.15) is 0 Å². The maximum Gasteiger partial charge on any atom is 0.251 e. The number of aromatic nitrogens is 4. The summed E-state index contributed by atoms with van der Waals surface area (Å²) in [5.74, 6) is 0.981. The van der Waals surface area contributed by atoms with E-state index in [1.165, 1.54) is 23.6 Å². The minimum absolute atomic E-state index is 0.271. The number of aromatic amines is 1. The smallest absolute Gasteiger partial charge is 0.251 e. The van der Waals surface area contributed by atoms with Gasteiger partial charge in [-0.15, -0.1) is 10.2 Å². The fourth-order valence-corrected chi connectivity index (χ4v) is 3.76. The molecule has 1 unspecified atom stereocenters. The van der Waals surface area contributed by atoms with E-state index in [4.69, 9.17) is 9.47 Å². The number of carbonyl (C=O) groups is 1. The molecule has 0 radical (unpaired) electrons. The van der Waals surface area contributed by atoms with Crippen LogP contribution in [0.4, 0.5) is 5.13 Å². The van der Waals surface area contributed by atoms with Crippen LogP contribution in [0.25, 0.3) is 10.6 Å². The third-order valence-electron chi connectivity index (χ3n) is 3.60. The third kappa shape index (κ3) is 4.67. The number of methoxy groups -OCH3 is 2. The Morgan fingerprint density at radius 3 is 2.79 bits per heavy atom. The molecule has 0 spiro atoms. The molecule has 3 rings (SSSR count). The number of amides is 1. The number of benzene rings is 1. The second-order valence-electron chi connectivity index (χ2n) is 5.47. The predicted molar refractivity (Wildman–Crippen MR) is 107 cm³/mol. The lowest BCUT2D eigenvalue weighted by Crippen LogP contribution is -2.23. The van der Waals surface area contributed by atoms with Gasteiger partial charge in [-0.05, 0) is 19.1 Å². The van der Waals surface area contributed by atoms with E-state index in [-0.39, 0.29) is 11.5 Å². The van der Waals surface area contributed by atoms with Gasteiger partial charge >= 0.3 is 0 Å². The van der Waals surface area contributed by atoms with E-state index in [1.54, 1.807) is 33.3 Å². The van der Waals surface area contributed by atoms with Gasteiger partial charge in [0, 0.05) is 18.3 Å². The molecule has 11 heteroatoms. The summed E-state index contributed by atoms with van der Waals surface area (Å²) in [7, 11) is 3.13. The molecule has 0 bridgehead atoms. The first-order valence-corrected chi connectivity index (χ1v) is 9.78. The van der Waals surface area contributed by atoms with Crippen molar-refractivity contribution in [3.8, 4) is 22.1 Å². The number of anilines is 1. The Kier molecular flexibility index (Phi) is 6.26. The molecule has 9 nitrogen and oxygen atoms in total. The zero-order chi connectivity index (χ0) is 20.1. The molecule has 2 aromatic heterocycles. The van der Waals surface area contributed by atoms with E-state index >= 15 is 0 Å². The standard InChI is InChI=1S/C17H17N5O4S2/c1-9(27-16-18-7-6-13(23)19-16)14(24)20-17-22-21-15(28-17)11-5-4-10(25-2)8-12(11)26-3/h4-9H,1-3H3,(H,18,19,23)(H,20,22,24). The molecule has 0 aliphatic rings. The van der Waals surface area contributed by atoms with Crippen molar-refractivity contribution < 1.29 is 14.3 Å². The average molecular weight is 419 g/mol. The summed E-state index contributed by atoms with van der Waals surface area (Å²) < 4.78 is 10.6. The number of H-pyrrole nitrogens is 1. The van der Waals surface area contributed by atoms with Gasteiger partial charge < -0.3 is 14.5 Å². The summed E-state index contributed by atoms with van der Waals surface area (Å²) >= 11 is 2.37. The molecule has 28 heavy (non-hydrogen) atoms. The number of hydrogen-bond donors (Lipinski definition) is 2. The summed E-state index contributed by atoms with van der Waals surface area (Å²) in [6.45, 7) is 1.71. The topological polar surface area (TPSA) is 119 Å². The molecule has 0 aliphatic heterocycles. The lowest BCUT2D eigenvalue weighted by molar-refractivity contribution is -0.115. The van der Waals surface area contributed by atoms with E-state index < -0.39 is 5.25 Å². The van der Waals surface area contributed by atoms with Crippen LogP contribution < -0.4 is 20.3 Å². The molecule has 0 saturated heterocycles. The lowest BCUT2D eigenvalue weighted by atomic mass is 10.2. The van der Waals surface area contributed by atoms with E-state index in [0.717, 1.165) is 17.3 Å². The quantitative estimate of drug-likeness (QED) is 0.443. The fraction of sp³-hybridized carbons (Fsp3) is 0.235. The molecule has 0 saturated carbocycles. The van der Waals surface area contributed by atoms with Crippen LogP contribution in [0.15, 0.2) is 40.4 Å². The molecule has 3 aromatic rings. The van der Waals surface area contributed by atoms with Gasteiger partial charge in [-0.3, -0.25) is 14.9 Å². The van der Waals surface area contributed by atoms with Gasteiger partial charge in [0.2, 0.25) is 11.0 Å². The fourth-order valence-electron chi connectivity index (χ4n) is 2.20. The number of thioether (sulfide) groups is 1. The van der Waals surface area contributed by atoms with E-state index in [2.05, 4.69) is 25.5 Å². The Morgan fingerprint density at radius 2 is 2.07 bits per heavy atom. The zero-order valence-electron chi connectivity index (χ0n) is 15.3. The van der Waals surface area contributed by atoms with Crippen LogP contribution >= 0.6 is 23.1 Å². The van der Waals surface area contributed by atoms with Crippen LogP contribution in [0, 0.1) is 0 Å². The number of nitrogens with one attached hydrogen (secondary N) is 2. The van der Waals surface area contributed by atoms with Crippen LogP contribution in [0.5, 0.6) is 11.5 Å². The molecule has 1 amide bonds. The molecule has 0 aliphatic carbocycles. The molecule has 1 aromatic carbocycles. The zero-order valence-corrected chi connectivity index (χ0v) is 16.9. The van der Waals surface area contributed by atoms with E-state index in [1.807, 2.05) is 6.07 Å². The van der Waals surface area contributed by atoms with Crippen LogP contribution in [-0.4, -0.2) is 45.5 Å². The van der Waals surface area contributed by atoms with Crippen molar-refractivity contribution in [1.82, 2.24) is 20.2 Å². The van der Waals surface area contributed by atoms with Crippen molar-refractivity contribution >= 4 is 34.1 Å². The SMILES string of the molecule is COc1ccc(-c2nnc(NC(=O)C(C)Sc3nccc(=O)[nH]3)s2)c(OC)c1.